The topological polar surface area (TPSA) is 62.9 Å². The molecule has 0 N–H and O–H groups in total. The number of aromatic nitrogens is 1. The van der Waals surface area contributed by atoms with Crippen molar-refractivity contribution in [3.63, 3.8) is 0 Å². The fraction of sp³-hybridized carbons (Fsp3) is 0.0800. The largest absolute Gasteiger partial charge is 0.416 e. The summed E-state index contributed by atoms with van der Waals surface area (Å²) in [6.45, 7) is 0.144. The predicted molar refractivity (Wildman–Crippen MR) is 120 cm³/mol. The van der Waals surface area contributed by atoms with E-state index in [4.69, 9.17) is 0 Å². The van der Waals surface area contributed by atoms with Crippen LogP contribution < -0.4 is 0 Å². The number of alkyl halides is 3. The molecule has 0 saturated carbocycles. The molecule has 0 saturated heterocycles. The maximum Gasteiger partial charge on any atom is 0.416 e. The van der Waals surface area contributed by atoms with Gasteiger partial charge in [0.1, 0.15) is 11.0 Å². The van der Waals surface area contributed by atoms with Gasteiger partial charge < -0.3 is 4.57 Å². The molecule has 0 aliphatic heterocycles. The monoisotopic (exact) mass is 466 g/mol. The summed E-state index contributed by atoms with van der Waals surface area (Å²) < 4.78 is 66.9. The molecule has 1 aromatic heterocycles. The fourth-order valence-electron chi connectivity index (χ4n) is 3.60. The average molecular weight is 466 g/mol. The summed E-state index contributed by atoms with van der Waals surface area (Å²) in [5.41, 5.74) is 0.889. The van der Waals surface area contributed by atoms with Gasteiger partial charge in [-0.15, -0.1) is 0 Å². The smallest absolute Gasteiger partial charge is 0.342 e. The molecule has 0 fully saturated rings. The maximum atomic E-state index is 13.1. The van der Waals surface area contributed by atoms with E-state index in [9.17, 15) is 26.9 Å². The molecule has 4 aromatic rings. The molecule has 0 amide bonds. The molecule has 0 aliphatic rings. The van der Waals surface area contributed by atoms with Crippen molar-refractivity contribution in [3.05, 3.63) is 107 Å². The Hall–Kier alpha value is -3.83. The number of sulfone groups is 1. The molecule has 4 rings (SSSR count). The van der Waals surface area contributed by atoms with Crippen LogP contribution in [-0.2, 0) is 22.6 Å². The zero-order valence-corrected chi connectivity index (χ0v) is 17.9. The van der Waals surface area contributed by atoms with Gasteiger partial charge in [-0.2, -0.15) is 18.4 Å². The summed E-state index contributed by atoms with van der Waals surface area (Å²) in [6, 6.07) is 21.6. The summed E-state index contributed by atoms with van der Waals surface area (Å²) in [6.07, 6.45) is -1.51. The summed E-state index contributed by atoms with van der Waals surface area (Å²) in [4.78, 5) is -0.416. The number of nitriles is 1. The molecule has 166 valence electrons. The lowest BCUT2D eigenvalue weighted by Gasteiger charge is -2.10. The first-order valence-corrected chi connectivity index (χ1v) is 11.3. The van der Waals surface area contributed by atoms with Gasteiger partial charge in [0, 0.05) is 29.2 Å². The number of hydrogen-bond donors (Lipinski definition) is 0. The Morgan fingerprint density at radius 2 is 1.67 bits per heavy atom. The van der Waals surface area contributed by atoms with Gasteiger partial charge in [0.05, 0.1) is 10.5 Å². The van der Waals surface area contributed by atoms with E-state index in [1.54, 1.807) is 65.4 Å². The van der Waals surface area contributed by atoms with E-state index < -0.39 is 26.5 Å². The van der Waals surface area contributed by atoms with E-state index >= 15 is 0 Å². The molecule has 0 aliphatic carbocycles. The molecule has 4 nitrogen and oxygen atoms in total. The van der Waals surface area contributed by atoms with Crippen LogP contribution in [0, 0.1) is 11.3 Å². The van der Waals surface area contributed by atoms with Crippen molar-refractivity contribution in [2.75, 3.05) is 0 Å². The molecule has 0 unspecified atom stereocenters. The van der Waals surface area contributed by atoms with Gasteiger partial charge in [-0.1, -0.05) is 48.5 Å². The minimum atomic E-state index is -4.45. The lowest BCUT2D eigenvalue weighted by molar-refractivity contribution is -0.137. The molecule has 0 atom stereocenters. The normalized spacial score (nSPS) is 12.6. The fourth-order valence-corrected chi connectivity index (χ4v) is 4.77. The first-order chi connectivity index (χ1) is 15.7. The van der Waals surface area contributed by atoms with E-state index in [0.717, 1.165) is 12.1 Å². The number of halogens is 3. The van der Waals surface area contributed by atoms with Crippen molar-refractivity contribution in [3.8, 4) is 6.07 Å². The molecule has 0 radical (unpaired) electrons. The maximum absolute atomic E-state index is 13.1. The molecule has 33 heavy (non-hydrogen) atoms. The van der Waals surface area contributed by atoms with Gasteiger partial charge in [0.15, 0.2) is 0 Å². The summed E-state index contributed by atoms with van der Waals surface area (Å²) >= 11 is 0. The van der Waals surface area contributed by atoms with Crippen LogP contribution in [0.3, 0.4) is 0 Å². The second-order valence-electron chi connectivity index (χ2n) is 7.36. The van der Waals surface area contributed by atoms with E-state index in [2.05, 4.69) is 0 Å². The van der Waals surface area contributed by atoms with Crippen LogP contribution >= 0.6 is 0 Å². The van der Waals surface area contributed by atoms with E-state index in [-0.39, 0.29) is 11.4 Å². The minimum absolute atomic E-state index is 0.00510. The number of nitrogens with zero attached hydrogens (tertiary/aromatic N) is 2. The zero-order chi connectivity index (χ0) is 23.6. The number of para-hydroxylation sites is 1. The first-order valence-electron chi connectivity index (χ1n) is 9.86. The Labute approximate surface area is 188 Å². The van der Waals surface area contributed by atoms with E-state index in [1.807, 2.05) is 0 Å². The molecule has 1 heterocycles. The van der Waals surface area contributed by atoms with Gasteiger partial charge in [-0.25, -0.2) is 8.42 Å². The number of benzene rings is 3. The van der Waals surface area contributed by atoms with Crippen LogP contribution in [0.5, 0.6) is 0 Å². The van der Waals surface area contributed by atoms with Crippen molar-refractivity contribution in [2.45, 2.75) is 17.6 Å². The highest BCUT2D eigenvalue weighted by Gasteiger charge is 2.30. The second-order valence-corrected chi connectivity index (χ2v) is 9.28. The molecule has 8 heteroatoms. The highest BCUT2D eigenvalue weighted by atomic mass is 32.2. The standard InChI is InChI=1S/C25H17F3N2O2S/c26-25(27,28)20-8-6-7-18(13-20)16-30-17-19(23-11-4-5-12-24(23)30)14-22(15-29)33(31,32)21-9-2-1-3-10-21/h1-14,17H,16H2/b22-14+. The third-order valence-corrected chi connectivity index (χ3v) is 6.85. The summed E-state index contributed by atoms with van der Waals surface area (Å²) in [7, 11) is -4.02. The average Bonchev–Trinajstić information content (AvgIpc) is 3.14. The highest BCUT2D eigenvalue weighted by molar-refractivity contribution is 7.95. The van der Waals surface area contributed by atoms with Crippen LogP contribution in [0.4, 0.5) is 13.2 Å². The Kier molecular flexibility index (Phi) is 5.83. The number of rotatable bonds is 5. The molecule has 0 bridgehead atoms. The van der Waals surface area contributed by atoms with Crippen molar-refractivity contribution in [1.82, 2.24) is 4.57 Å². The van der Waals surface area contributed by atoms with Gasteiger partial charge in [0.2, 0.25) is 9.84 Å². The summed E-state index contributed by atoms with van der Waals surface area (Å²) in [5, 5.41) is 10.3. The van der Waals surface area contributed by atoms with Crippen LogP contribution in [0.25, 0.3) is 17.0 Å². The Morgan fingerprint density at radius 1 is 0.970 bits per heavy atom. The molecule has 0 spiro atoms. The SMILES string of the molecule is N#C/C(=C\c1cn(Cc2cccc(C(F)(F)F)c2)c2ccccc12)S(=O)(=O)c1ccccc1. The molecule has 3 aromatic carbocycles. The van der Waals surface area contributed by atoms with Crippen molar-refractivity contribution < 1.29 is 21.6 Å². The van der Waals surface area contributed by atoms with Gasteiger partial charge in [-0.05, 0) is 42.0 Å². The second kappa shape index (κ2) is 8.60. The van der Waals surface area contributed by atoms with Gasteiger partial charge in [-0.3, -0.25) is 0 Å². The zero-order valence-electron chi connectivity index (χ0n) is 17.1. The number of hydrogen-bond acceptors (Lipinski definition) is 3. The van der Waals surface area contributed by atoms with Crippen LogP contribution in [0.15, 0.2) is 94.9 Å². The van der Waals surface area contributed by atoms with E-state index in [0.29, 0.717) is 22.0 Å². The minimum Gasteiger partial charge on any atom is -0.342 e. The lowest BCUT2D eigenvalue weighted by atomic mass is 10.1. The quantitative estimate of drug-likeness (QED) is 0.337. The van der Waals surface area contributed by atoms with Crippen LogP contribution in [0.2, 0.25) is 0 Å². The van der Waals surface area contributed by atoms with Gasteiger partial charge >= 0.3 is 6.18 Å². The summed E-state index contributed by atoms with van der Waals surface area (Å²) in [5.74, 6) is 0. The first kappa shape index (κ1) is 22.4. The Balaban J connectivity index is 1.79. The highest BCUT2D eigenvalue weighted by Crippen LogP contribution is 2.31. The molecular weight excluding hydrogens is 449 g/mol. The third-order valence-electron chi connectivity index (χ3n) is 5.17. The Bertz CT molecular complexity index is 1500. The van der Waals surface area contributed by atoms with Crippen LogP contribution in [0.1, 0.15) is 16.7 Å². The predicted octanol–water partition coefficient (Wildman–Crippen LogP) is 6.05. The number of allylic oxidation sites excluding steroid dienone is 1. The molecular formula is C25H17F3N2O2S. The van der Waals surface area contributed by atoms with Crippen molar-refractivity contribution in [1.29, 1.82) is 5.26 Å². The van der Waals surface area contributed by atoms with Crippen LogP contribution in [-0.4, -0.2) is 13.0 Å². The number of fused-ring (bicyclic) bond motifs is 1. The Morgan fingerprint density at radius 3 is 2.36 bits per heavy atom. The van der Waals surface area contributed by atoms with Crippen molar-refractivity contribution in [2.24, 2.45) is 0 Å². The lowest BCUT2D eigenvalue weighted by Crippen LogP contribution is -2.06. The van der Waals surface area contributed by atoms with E-state index in [1.165, 1.54) is 24.3 Å². The van der Waals surface area contributed by atoms with Gasteiger partial charge in [0.25, 0.3) is 0 Å². The van der Waals surface area contributed by atoms with Crippen molar-refractivity contribution >= 4 is 26.8 Å². The third kappa shape index (κ3) is 4.54.